The van der Waals surface area contributed by atoms with E-state index in [-0.39, 0.29) is 35.7 Å². The molecule has 3 amide bonds. The Balaban J connectivity index is 2.48. The normalized spacial score (nSPS) is 19.7. The number of nitrogens with one attached hydrogen (secondary N) is 2. The lowest BCUT2D eigenvalue weighted by molar-refractivity contribution is -0.144. The van der Waals surface area contributed by atoms with Crippen molar-refractivity contribution in [2.45, 2.75) is 118 Å². The van der Waals surface area contributed by atoms with Crippen molar-refractivity contribution in [1.29, 1.82) is 0 Å². The molecule has 202 valence electrons. The van der Waals surface area contributed by atoms with Gasteiger partial charge in [0.05, 0.1) is 0 Å². The Hall–Kier alpha value is -2.57. The summed E-state index contributed by atoms with van der Waals surface area (Å²) in [5.41, 5.74) is 1.12. The maximum absolute atomic E-state index is 14.2. The maximum atomic E-state index is 14.2. The van der Waals surface area contributed by atoms with Gasteiger partial charge in [-0.2, -0.15) is 0 Å². The zero-order chi connectivity index (χ0) is 27.2. The average Bonchev–Trinajstić information content (AvgIpc) is 3.45. The molecular weight excluding hydrogens is 454 g/mol. The summed E-state index contributed by atoms with van der Waals surface area (Å²) in [7, 11) is 0. The molecule has 36 heavy (non-hydrogen) atoms. The number of ether oxygens (including phenoxy) is 1. The summed E-state index contributed by atoms with van der Waals surface area (Å²) < 4.78 is 5.46. The van der Waals surface area contributed by atoms with Crippen molar-refractivity contribution in [3.63, 3.8) is 0 Å². The number of rotatable bonds is 11. The lowest BCUT2D eigenvalue weighted by Crippen LogP contribution is -2.55. The SMILES string of the molecule is CCCC(C)NC(=O)C(c1cccc(C)c1)N(C(=O)C(CC(C)C)NC(=O)OC(C)(C)C)C1CC1C. The number of hydrogen-bond acceptors (Lipinski definition) is 4. The maximum Gasteiger partial charge on any atom is 0.408 e. The Labute approximate surface area is 217 Å². The first-order chi connectivity index (χ1) is 16.7. The Kier molecular flexibility index (Phi) is 10.4. The van der Waals surface area contributed by atoms with Crippen LogP contribution in [0.4, 0.5) is 4.79 Å². The highest BCUT2D eigenvalue weighted by Gasteiger charge is 2.48. The molecule has 1 aromatic rings. The first-order valence-corrected chi connectivity index (χ1v) is 13.4. The zero-order valence-electron chi connectivity index (χ0n) is 23.7. The summed E-state index contributed by atoms with van der Waals surface area (Å²) in [6.45, 7) is 17.5. The van der Waals surface area contributed by atoms with Crippen LogP contribution in [-0.2, 0) is 14.3 Å². The molecule has 1 fully saturated rings. The molecule has 0 aliphatic heterocycles. The summed E-state index contributed by atoms with van der Waals surface area (Å²) in [5, 5.41) is 5.95. The molecule has 0 spiro atoms. The zero-order valence-corrected chi connectivity index (χ0v) is 23.7. The van der Waals surface area contributed by atoms with Crippen molar-refractivity contribution in [2.75, 3.05) is 0 Å². The van der Waals surface area contributed by atoms with Gasteiger partial charge in [-0.1, -0.05) is 63.9 Å². The van der Waals surface area contributed by atoms with Crippen LogP contribution in [0.5, 0.6) is 0 Å². The molecule has 7 heteroatoms. The Morgan fingerprint density at radius 2 is 1.78 bits per heavy atom. The van der Waals surface area contributed by atoms with Crippen LogP contribution in [0.25, 0.3) is 0 Å². The molecule has 1 aromatic carbocycles. The number of aryl methyl sites for hydroxylation is 1. The number of benzene rings is 1. The summed E-state index contributed by atoms with van der Waals surface area (Å²) in [5.74, 6) is 0.00909. The number of carbonyl (C=O) groups excluding carboxylic acids is 3. The van der Waals surface area contributed by atoms with Gasteiger partial charge in [0, 0.05) is 12.1 Å². The largest absolute Gasteiger partial charge is 0.444 e. The van der Waals surface area contributed by atoms with Gasteiger partial charge in [-0.05, 0) is 71.3 Å². The first-order valence-electron chi connectivity index (χ1n) is 13.4. The van der Waals surface area contributed by atoms with E-state index in [0.717, 1.165) is 30.4 Å². The average molecular weight is 502 g/mol. The van der Waals surface area contributed by atoms with Crippen LogP contribution >= 0.6 is 0 Å². The quantitative estimate of drug-likeness (QED) is 0.418. The molecule has 2 rings (SSSR count). The molecule has 0 heterocycles. The number of carbonyl (C=O) groups is 3. The van der Waals surface area contributed by atoms with E-state index in [0.29, 0.717) is 6.42 Å². The molecule has 5 atom stereocenters. The van der Waals surface area contributed by atoms with Crippen molar-refractivity contribution < 1.29 is 19.1 Å². The van der Waals surface area contributed by atoms with Gasteiger partial charge in [-0.25, -0.2) is 4.79 Å². The smallest absolute Gasteiger partial charge is 0.408 e. The third-order valence-corrected chi connectivity index (χ3v) is 6.37. The third kappa shape index (κ3) is 8.82. The lowest BCUT2D eigenvalue weighted by atomic mass is 9.97. The van der Waals surface area contributed by atoms with E-state index < -0.39 is 23.8 Å². The van der Waals surface area contributed by atoms with Gasteiger partial charge in [0.25, 0.3) is 0 Å². The van der Waals surface area contributed by atoms with Crippen molar-refractivity contribution in [1.82, 2.24) is 15.5 Å². The van der Waals surface area contributed by atoms with E-state index >= 15 is 0 Å². The fourth-order valence-electron chi connectivity index (χ4n) is 4.60. The first kappa shape index (κ1) is 29.7. The van der Waals surface area contributed by atoms with Gasteiger partial charge in [0.1, 0.15) is 17.7 Å². The number of nitrogens with zero attached hydrogens (tertiary/aromatic N) is 1. The molecule has 1 saturated carbocycles. The second kappa shape index (κ2) is 12.6. The number of hydrogen-bond donors (Lipinski definition) is 2. The van der Waals surface area contributed by atoms with Crippen LogP contribution in [0, 0.1) is 18.8 Å². The van der Waals surface area contributed by atoms with Gasteiger partial charge in [0.2, 0.25) is 11.8 Å². The summed E-state index contributed by atoms with van der Waals surface area (Å²) in [4.78, 5) is 42.4. The third-order valence-electron chi connectivity index (χ3n) is 6.37. The number of alkyl carbamates (subject to hydrolysis) is 1. The highest BCUT2D eigenvalue weighted by molar-refractivity contribution is 5.92. The van der Waals surface area contributed by atoms with E-state index in [4.69, 9.17) is 4.74 Å². The fraction of sp³-hybridized carbons (Fsp3) is 0.690. The van der Waals surface area contributed by atoms with Gasteiger partial charge in [-0.3, -0.25) is 9.59 Å². The van der Waals surface area contributed by atoms with Crippen LogP contribution in [-0.4, -0.2) is 46.5 Å². The molecule has 7 nitrogen and oxygen atoms in total. The standard InChI is InChI=1S/C29H47N3O4/c1-10-12-21(6)30-26(33)25(22-14-11-13-19(4)16-22)32(24-17-20(24)5)27(34)23(15-18(2)3)31-28(35)36-29(7,8)9/h11,13-14,16,18,20-21,23-25H,10,12,15,17H2,1-9H3,(H,30,33)(H,31,35). The monoisotopic (exact) mass is 501 g/mol. The lowest BCUT2D eigenvalue weighted by Gasteiger charge is -2.36. The van der Waals surface area contributed by atoms with Crippen LogP contribution < -0.4 is 10.6 Å². The van der Waals surface area contributed by atoms with Crippen molar-refractivity contribution >= 4 is 17.9 Å². The Bertz CT molecular complexity index is 908. The van der Waals surface area contributed by atoms with Crippen LogP contribution in [0.2, 0.25) is 0 Å². The molecule has 5 unspecified atom stereocenters. The van der Waals surface area contributed by atoms with E-state index in [1.807, 2.05) is 52.0 Å². The van der Waals surface area contributed by atoms with Crippen LogP contribution in [0.3, 0.4) is 0 Å². The molecule has 1 aliphatic carbocycles. The van der Waals surface area contributed by atoms with E-state index in [1.54, 1.807) is 25.7 Å². The predicted molar refractivity (Wildman–Crippen MR) is 143 cm³/mol. The molecule has 0 radical (unpaired) electrons. The molecular formula is C29H47N3O4. The highest BCUT2D eigenvalue weighted by Crippen LogP contribution is 2.41. The topological polar surface area (TPSA) is 87.7 Å². The fourth-order valence-corrected chi connectivity index (χ4v) is 4.60. The molecule has 0 saturated heterocycles. The second-order valence-corrected chi connectivity index (χ2v) is 11.9. The van der Waals surface area contributed by atoms with Crippen molar-refractivity contribution in [3.8, 4) is 0 Å². The van der Waals surface area contributed by atoms with E-state index in [2.05, 4.69) is 24.5 Å². The molecule has 2 N–H and O–H groups in total. The molecule has 0 bridgehead atoms. The summed E-state index contributed by atoms with van der Waals surface area (Å²) in [6, 6.07) is 6.15. The van der Waals surface area contributed by atoms with Gasteiger partial charge >= 0.3 is 6.09 Å². The molecule has 1 aliphatic rings. The minimum atomic E-state index is -0.791. The Morgan fingerprint density at radius 1 is 1.14 bits per heavy atom. The minimum absolute atomic E-state index is 0.00487. The summed E-state index contributed by atoms with van der Waals surface area (Å²) in [6.07, 6.45) is 2.46. The van der Waals surface area contributed by atoms with Gasteiger partial charge in [-0.15, -0.1) is 0 Å². The van der Waals surface area contributed by atoms with Crippen LogP contribution in [0.1, 0.15) is 98.2 Å². The van der Waals surface area contributed by atoms with Gasteiger partial charge in [0.15, 0.2) is 0 Å². The minimum Gasteiger partial charge on any atom is -0.444 e. The van der Waals surface area contributed by atoms with E-state index in [1.165, 1.54) is 0 Å². The number of amides is 3. The second-order valence-electron chi connectivity index (χ2n) is 11.9. The van der Waals surface area contributed by atoms with E-state index in [9.17, 15) is 14.4 Å². The van der Waals surface area contributed by atoms with Gasteiger partial charge < -0.3 is 20.3 Å². The Morgan fingerprint density at radius 3 is 2.28 bits per heavy atom. The van der Waals surface area contributed by atoms with Crippen molar-refractivity contribution in [2.24, 2.45) is 11.8 Å². The highest BCUT2D eigenvalue weighted by atomic mass is 16.6. The molecule has 0 aromatic heterocycles. The van der Waals surface area contributed by atoms with Crippen LogP contribution in [0.15, 0.2) is 24.3 Å². The summed E-state index contributed by atoms with van der Waals surface area (Å²) >= 11 is 0. The predicted octanol–water partition coefficient (Wildman–Crippen LogP) is 5.52. The van der Waals surface area contributed by atoms with Crippen molar-refractivity contribution in [3.05, 3.63) is 35.4 Å².